The van der Waals surface area contributed by atoms with E-state index >= 15 is 0 Å². The van der Waals surface area contributed by atoms with E-state index in [2.05, 4.69) is 5.32 Å². The minimum atomic E-state index is -0.527. The molecule has 0 bridgehead atoms. The molecule has 7 nitrogen and oxygen atoms in total. The van der Waals surface area contributed by atoms with Crippen molar-refractivity contribution in [2.24, 2.45) is 0 Å². The van der Waals surface area contributed by atoms with Gasteiger partial charge in [0, 0.05) is 5.56 Å². The first kappa shape index (κ1) is 20.1. The number of nitrogens with one attached hydrogen (secondary N) is 1. The summed E-state index contributed by atoms with van der Waals surface area (Å²) in [5.74, 6) is 0.717. The zero-order valence-corrected chi connectivity index (χ0v) is 15.8. The molecule has 144 valence electrons. The van der Waals surface area contributed by atoms with Gasteiger partial charge in [-0.3, -0.25) is 4.79 Å². The molecule has 1 amide bonds. The van der Waals surface area contributed by atoms with E-state index in [1.807, 2.05) is 6.92 Å². The Labute approximate surface area is 158 Å². The van der Waals surface area contributed by atoms with Crippen molar-refractivity contribution < 1.29 is 28.5 Å². The minimum Gasteiger partial charge on any atom is -0.497 e. The van der Waals surface area contributed by atoms with Gasteiger partial charge >= 0.3 is 5.97 Å². The van der Waals surface area contributed by atoms with Gasteiger partial charge < -0.3 is 24.3 Å². The van der Waals surface area contributed by atoms with Crippen LogP contribution in [-0.4, -0.2) is 39.8 Å². The van der Waals surface area contributed by atoms with Crippen molar-refractivity contribution in [2.75, 3.05) is 27.9 Å². The van der Waals surface area contributed by atoms with E-state index < -0.39 is 5.97 Å². The van der Waals surface area contributed by atoms with Gasteiger partial charge in [-0.1, -0.05) is 12.1 Å². The van der Waals surface area contributed by atoms with Crippen LogP contribution in [0.3, 0.4) is 0 Å². The van der Waals surface area contributed by atoms with Gasteiger partial charge in [0.25, 0.3) is 5.91 Å². The number of rotatable bonds is 8. The van der Waals surface area contributed by atoms with Crippen LogP contribution in [-0.2, 0) is 9.53 Å². The molecule has 0 aliphatic carbocycles. The number of carbonyl (C=O) groups excluding carboxylic acids is 2. The summed E-state index contributed by atoms with van der Waals surface area (Å²) < 4.78 is 20.8. The van der Waals surface area contributed by atoms with Crippen LogP contribution in [0.1, 0.15) is 28.9 Å². The molecule has 7 heteroatoms. The van der Waals surface area contributed by atoms with Crippen molar-refractivity contribution in [1.29, 1.82) is 0 Å². The van der Waals surface area contributed by atoms with E-state index in [-0.39, 0.29) is 29.9 Å². The molecule has 0 saturated carbocycles. The fourth-order valence-corrected chi connectivity index (χ4v) is 2.55. The minimum absolute atomic E-state index is 0.245. The van der Waals surface area contributed by atoms with E-state index in [1.165, 1.54) is 7.11 Å². The quantitative estimate of drug-likeness (QED) is 0.717. The maximum absolute atomic E-state index is 12.3. The molecule has 0 heterocycles. The summed E-state index contributed by atoms with van der Waals surface area (Å²) in [6, 6.07) is 11.6. The monoisotopic (exact) mass is 373 g/mol. The third-order valence-electron chi connectivity index (χ3n) is 3.93. The first-order valence-electron chi connectivity index (χ1n) is 8.31. The molecule has 2 rings (SSSR count). The second kappa shape index (κ2) is 9.47. The fourth-order valence-electron chi connectivity index (χ4n) is 2.55. The highest BCUT2D eigenvalue weighted by molar-refractivity contribution is 5.92. The molecule has 0 fully saturated rings. The number of ether oxygens (including phenoxy) is 4. The zero-order chi connectivity index (χ0) is 19.8. The highest BCUT2D eigenvalue weighted by Crippen LogP contribution is 2.29. The lowest BCUT2D eigenvalue weighted by molar-refractivity contribution is -0.123. The predicted molar refractivity (Wildman–Crippen MR) is 99.4 cm³/mol. The molecule has 0 spiro atoms. The van der Waals surface area contributed by atoms with Crippen molar-refractivity contribution >= 4 is 11.9 Å². The second-order valence-corrected chi connectivity index (χ2v) is 5.67. The van der Waals surface area contributed by atoms with Crippen molar-refractivity contribution in [3.05, 3.63) is 53.6 Å². The molecule has 2 aromatic carbocycles. The number of amides is 1. The SMILES string of the molecule is COC(=O)c1ccccc1OCC(=O)N[C@@H](C)c1cc(OC)ccc1OC. The molecule has 0 saturated heterocycles. The Morgan fingerprint density at radius 3 is 2.41 bits per heavy atom. The van der Waals surface area contributed by atoms with Gasteiger partial charge in [0.2, 0.25) is 0 Å². The number of hydrogen-bond acceptors (Lipinski definition) is 6. The Kier molecular flexibility index (Phi) is 7.05. The van der Waals surface area contributed by atoms with Gasteiger partial charge in [0.1, 0.15) is 22.8 Å². The normalized spacial score (nSPS) is 11.3. The van der Waals surface area contributed by atoms with E-state index in [4.69, 9.17) is 18.9 Å². The number of carbonyl (C=O) groups is 2. The molecule has 0 radical (unpaired) electrons. The molecule has 2 aromatic rings. The van der Waals surface area contributed by atoms with E-state index in [9.17, 15) is 9.59 Å². The highest BCUT2D eigenvalue weighted by atomic mass is 16.5. The predicted octanol–water partition coefficient (Wildman–Crippen LogP) is 2.75. The summed E-state index contributed by atoms with van der Waals surface area (Å²) in [6.45, 7) is 1.59. The zero-order valence-electron chi connectivity index (χ0n) is 15.8. The third kappa shape index (κ3) is 5.13. The van der Waals surface area contributed by atoms with Gasteiger partial charge in [-0.05, 0) is 37.3 Å². The van der Waals surface area contributed by atoms with Gasteiger partial charge in [0.15, 0.2) is 6.61 Å². The van der Waals surface area contributed by atoms with E-state index in [0.717, 1.165) is 5.56 Å². The lowest BCUT2D eigenvalue weighted by Gasteiger charge is -2.18. The van der Waals surface area contributed by atoms with Gasteiger partial charge in [0.05, 0.1) is 27.4 Å². The van der Waals surface area contributed by atoms with Crippen LogP contribution >= 0.6 is 0 Å². The number of benzene rings is 2. The molecular formula is C20H23NO6. The van der Waals surface area contributed by atoms with Crippen LogP contribution in [0.2, 0.25) is 0 Å². The van der Waals surface area contributed by atoms with Gasteiger partial charge in [-0.15, -0.1) is 0 Å². The summed E-state index contributed by atoms with van der Waals surface area (Å²) in [6.07, 6.45) is 0. The number of para-hydroxylation sites is 1. The average molecular weight is 373 g/mol. The molecule has 0 unspecified atom stereocenters. The summed E-state index contributed by atoms with van der Waals surface area (Å²) in [4.78, 5) is 24.0. The largest absolute Gasteiger partial charge is 0.497 e. The number of esters is 1. The highest BCUT2D eigenvalue weighted by Gasteiger charge is 2.17. The van der Waals surface area contributed by atoms with E-state index in [1.54, 1.807) is 56.7 Å². The molecular weight excluding hydrogens is 350 g/mol. The standard InChI is InChI=1S/C20H23NO6/c1-13(16-11-14(24-2)9-10-17(16)25-3)21-19(22)12-27-18-8-6-5-7-15(18)20(23)26-4/h5-11,13H,12H2,1-4H3,(H,21,22)/t13-/m0/s1. The molecule has 27 heavy (non-hydrogen) atoms. The maximum atomic E-state index is 12.3. The Hall–Kier alpha value is -3.22. The Morgan fingerprint density at radius 1 is 1.00 bits per heavy atom. The lowest BCUT2D eigenvalue weighted by atomic mass is 10.1. The van der Waals surface area contributed by atoms with E-state index in [0.29, 0.717) is 11.5 Å². The molecule has 1 N–H and O–H groups in total. The van der Waals surface area contributed by atoms with Crippen LogP contribution in [0.4, 0.5) is 0 Å². The van der Waals surface area contributed by atoms with Crippen molar-refractivity contribution in [1.82, 2.24) is 5.32 Å². The van der Waals surface area contributed by atoms with Crippen LogP contribution in [0.5, 0.6) is 17.2 Å². The third-order valence-corrected chi connectivity index (χ3v) is 3.93. The first-order chi connectivity index (χ1) is 13.0. The Morgan fingerprint density at radius 2 is 1.74 bits per heavy atom. The molecule has 1 atom stereocenters. The maximum Gasteiger partial charge on any atom is 0.341 e. The van der Waals surface area contributed by atoms with Crippen LogP contribution in [0.25, 0.3) is 0 Å². The van der Waals surface area contributed by atoms with Crippen LogP contribution in [0.15, 0.2) is 42.5 Å². The summed E-state index contributed by atoms with van der Waals surface area (Å²) in [7, 11) is 4.42. The smallest absolute Gasteiger partial charge is 0.341 e. The summed E-state index contributed by atoms with van der Waals surface area (Å²) in [5, 5.41) is 2.84. The number of hydrogen-bond donors (Lipinski definition) is 1. The Bertz CT molecular complexity index is 805. The second-order valence-electron chi connectivity index (χ2n) is 5.67. The summed E-state index contributed by atoms with van der Waals surface area (Å²) in [5.41, 5.74) is 1.04. The lowest BCUT2D eigenvalue weighted by Crippen LogP contribution is -2.31. The number of methoxy groups -OCH3 is 3. The van der Waals surface area contributed by atoms with Crippen molar-refractivity contribution in [3.8, 4) is 17.2 Å². The fraction of sp³-hybridized carbons (Fsp3) is 0.300. The van der Waals surface area contributed by atoms with Crippen molar-refractivity contribution in [2.45, 2.75) is 13.0 Å². The van der Waals surface area contributed by atoms with Crippen LogP contribution < -0.4 is 19.5 Å². The summed E-state index contributed by atoms with van der Waals surface area (Å²) >= 11 is 0. The van der Waals surface area contributed by atoms with Crippen molar-refractivity contribution in [3.63, 3.8) is 0 Å². The average Bonchev–Trinajstić information content (AvgIpc) is 2.71. The topological polar surface area (TPSA) is 83.1 Å². The molecule has 0 aromatic heterocycles. The molecule has 0 aliphatic heterocycles. The van der Waals surface area contributed by atoms with Gasteiger partial charge in [-0.2, -0.15) is 0 Å². The molecule has 0 aliphatic rings. The van der Waals surface area contributed by atoms with Gasteiger partial charge in [-0.25, -0.2) is 4.79 Å². The Balaban J connectivity index is 2.03. The first-order valence-corrected chi connectivity index (χ1v) is 8.31. The van der Waals surface area contributed by atoms with Crippen LogP contribution in [0, 0.1) is 0 Å².